The molecule has 9 heteroatoms. The largest absolute Gasteiger partial charge is 0.416 e. The lowest BCUT2D eigenvalue weighted by atomic mass is 10.0. The van der Waals surface area contributed by atoms with Crippen LogP contribution in [0.4, 0.5) is 32.0 Å². The van der Waals surface area contributed by atoms with Crippen LogP contribution in [-0.2, 0) is 12.4 Å². The Kier molecular flexibility index (Phi) is 5.57. The zero-order valence-corrected chi connectivity index (χ0v) is 16.6. The Bertz CT molecular complexity index is 1300. The molecule has 4 aromatic rings. The van der Waals surface area contributed by atoms with Crippen LogP contribution in [0, 0.1) is 0 Å². The topological polar surface area (TPSA) is 42.0 Å². The number of carbonyl (C=O) groups excluding carboxylic acids is 1. The predicted molar refractivity (Wildman–Crippen MR) is 112 cm³/mol. The molecule has 0 aliphatic carbocycles. The van der Waals surface area contributed by atoms with E-state index in [1.54, 1.807) is 24.4 Å². The number of amides is 1. The number of anilines is 1. The summed E-state index contributed by atoms with van der Waals surface area (Å²) in [4.78, 5) is 16.9. The Morgan fingerprint density at radius 3 is 2.00 bits per heavy atom. The molecule has 3 nitrogen and oxygen atoms in total. The maximum atomic E-state index is 13.1. The van der Waals surface area contributed by atoms with Crippen molar-refractivity contribution in [3.8, 4) is 11.1 Å². The van der Waals surface area contributed by atoms with Crippen molar-refractivity contribution in [3.05, 3.63) is 95.7 Å². The van der Waals surface area contributed by atoms with Gasteiger partial charge >= 0.3 is 12.4 Å². The summed E-state index contributed by atoms with van der Waals surface area (Å²) in [6.07, 6.45) is -8.48. The molecule has 168 valence electrons. The van der Waals surface area contributed by atoms with Gasteiger partial charge in [0.2, 0.25) is 0 Å². The lowest BCUT2D eigenvalue weighted by Gasteiger charge is -2.14. The van der Waals surface area contributed by atoms with Crippen LogP contribution in [-0.4, -0.2) is 10.9 Å². The van der Waals surface area contributed by atoms with Gasteiger partial charge in [-0.05, 0) is 53.6 Å². The molecule has 0 aliphatic heterocycles. The second kappa shape index (κ2) is 8.23. The van der Waals surface area contributed by atoms with E-state index in [1.807, 2.05) is 30.3 Å². The Hall–Kier alpha value is -3.88. The van der Waals surface area contributed by atoms with Gasteiger partial charge in [0.1, 0.15) is 0 Å². The van der Waals surface area contributed by atoms with Crippen LogP contribution < -0.4 is 5.32 Å². The van der Waals surface area contributed by atoms with Crippen molar-refractivity contribution in [2.45, 2.75) is 12.4 Å². The van der Waals surface area contributed by atoms with Crippen molar-refractivity contribution in [1.29, 1.82) is 0 Å². The average molecular weight is 460 g/mol. The Labute approximate surface area is 183 Å². The first-order valence-corrected chi connectivity index (χ1v) is 9.57. The fraction of sp³-hybridized carbons (Fsp3) is 0.0833. The fourth-order valence-corrected chi connectivity index (χ4v) is 3.38. The highest BCUT2D eigenvalue weighted by Crippen LogP contribution is 2.36. The molecule has 0 bridgehead atoms. The van der Waals surface area contributed by atoms with E-state index in [2.05, 4.69) is 10.3 Å². The summed E-state index contributed by atoms with van der Waals surface area (Å²) in [6, 6.07) is 16.5. The Balaban J connectivity index is 1.73. The van der Waals surface area contributed by atoms with E-state index in [9.17, 15) is 31.1 Å². The van der Waals surface area contributed by atoms with Crippen LogP contribution in [0.1, 0.15) is 21.5 Å². The molecule has 1 aromatic heterocycles. The van der Waals surface area contributed by atoms with Crippen molar-refractivity contribution in [2.75, 3.05) is 5.32 Å². The van der Waals surface area contributed by atoms with Crippen molar-refractivity contribution < 1.29 is 31.1 Å². The maximum Gasteiger partial charge on any atom is 0.416 e. The first-order chi connectivity index (χ1) is 15.5. The van der Waals surface area contributed by atoms with Gasteiger partial charge in [-0.15, -0.1) is 0 Å². The third kappa shape index (κ3) is 4.82. The molecule has 33 heavy (non-hydrogen) atoms. The molecule has 1 amide bonds. The van der Waals surface area contributed by atoms with Crippen molar-refractivity contribution in [1.82, 2.24) is 4.98 Å². The normalized spacial score (nSPS) is 12.1. The molecular formula is C24H14F6N2O. The van der Waals surface area contributed by atoms with Crippen molar-refractivity contribution >= 4 is 22.5 Å². The molecule has 1 heterocycles. The monoisotopic (exact) mass is 460 g/mol. The molecule has 0 radical (unpaired) electrons. The van der Waals surface area contributed by atoms with Crippen LogP contribution in [0.15, 0.2) is 79.0 Å². The minimum Gasteiger partial charge on any atom is -0.322 e. The number of hydrogen-bond donors (Lipinski definition) is 1. The second-order valence-corrected chi connectivity index (χ2v) is 7.21. The second-order valence-electron chi connectivity index (χ2n) is 7.21. The summed E-state index contributed by atoms with van der Waals surface area (Å²) in [5, 5.41) is 3.04. The number of alkyl halides is 6. The van der Waals surface area contributed by atoms with Gasteiger partial charge in [0.25, 0.3) is 5.91 Å². The maximum absolute atomic E-state index is 13.1. The molecule has 0 spiro atoms. The first-order valence-electron chi connectivity index (χ1n) is 9.57. The molecule has 3 aromatic carbocycles. The molecule has 0 atom stereocenters. The van der Waals surface area contributed by atoms with Gasteiger partial charge in [-0.2, -0.15) is 26.3 Å². The van der Waals surface area contributed by atoms with E-state index in [0.717, 1.165) is 11.1 Å². The van der Waals surface area contributed by atoms with Crippen LogP contribution >= 0.6 is 0 Å². The molecular weight excluding hydrogens is 446 g/mol. The number of hydrogen-bond acceptors (Lipinski definition) is 2. The fourth-order valence-electron chi connectivity index (χ4n) is 3.38. The molecule has 0 fully saturated rings. The Morgan fingerprint density at radius 2 is 1.39 bits per heavy atom. The average Bonchev–Trinajstić information content (AvgIpc) is 2.77. The first kappa shape index (κ1) is 22.3. The van der Waals surface area contributed by atoms with Gasteiger partial charge in [0, 0.05) is 22.8 Å². The van der Waals surface area contributed by atoms with Crippen LogP contribution in [0.2, 0.25) is 0 Å². The number of nitrogens with one attached hydrogen (secondary N) is 1. The van der Waals surface area contributed by atoms with E-state index in [-0.39, 0.29) is 11.8 Å². The van der Waals surface area contributed by atoms with E-state index in [0.29, 0.717) is 23.0 Å². The van der Waals surface area contributed by atoms with Crippen LogP contribution in [0.5, 0.6) is 0 Å². The van der Waals surface area contributed by atoms with Gasteiger partial charge in [-0.3, -0.25) is 9.78 Å². The number of pyridine rings is 1. The highest BCUT2D eigenvalue weighted by molar-refractivity contribution is 6.06. The number of aromatic nitrogens is 1. The van der Waals surface area contributed by atoms with Crippen molar-refractivity contribution in [2.24, 2.45) is 0 Å². The van der Waals surface area contributed by atoms with Gasteiger partial charge in [0.15, 0.2) is 0 Å². The van der Waals surface area contributed by atoms with Crippen molar-refractivity contribution in [3.63, 3.8) is 0 Å². The number of fused-ring (bicyclic) bond motifs is 1. The Morgan fingerprint density at radius 1 is 0.758 bits per heavy atom. The summed E-state index contributed by atoms with van der Waals surface area (Å²) in [7, 11) is 0. The number of nitrogens with zero attached hydrogens (tertiary/aromatic N) is 1. The third-order valence-corrected chi connectivity index (χ3v) is 4.93. The third-order valence-electron chi connectivity index (χ3n) is 4.93. The predicted octanol–water partition coefficient (Wildman–Crippen LogP) is 7.19. The van der Waals surface area contributed by atoms with E-state index >= 15 is 0 Å². The standard InChI is InChI=1S/C24H14F6N2O/c25-23(26,27)16-10-15(11-17(12-16)24(28,29)30)22(33)32-18-6-7-21-20(13-18)19(8-9-31-21)14-4-2-1-3-5-14/h1-13H,(H,32,33). The summed E-state index contributed by atoms with van der Waals surface area (Å²) in [5.41, 5.74) is -1.40. The lowest BCUT2D eigenvalue weighted by molar-refractivity contribution is -0.143. The molecule has 0 aliphatic rings. The van der Waals surface area contributed by atoms with E-state index in [4.69, 9.17) is 0 Å². The van der Waals surface area contributed by atoms with E-state index < -0.39 is 35.0 Å². The molecule has 0 unspecified atom stereocenters. The number of rotatable bonds is 3. The summed E-state index contributed by atoms with van der Waals surface area (Å²) in [6.45, 7) is 0. The smallest absolute Gasteiger partial charge is 0.322 e. The van der Waals surface area contributed by atoms with Crippen LogP contribution in [0.25, 0.3) is 22.0 Å². The van der Waals surface area contributed by atoms with E-state index in [1.165, 1.54) is 6.07 Å². The van der Waals surface area contributed by atoms with Gasteiger partial charge in [-0.25, -0.2) is 0 Å². The van der Waals surface area contributed by atoms with Gasteiger partial charge in [-0.1, -0.05) is 30.3 Å². The van der Waals surface area contributed by atoms with Crippen LogP contribution in [0.3, 0.4) is 0 Å². The minimum absolute atomic E-state index is 0.0232. The quantitative estimate of drug-likeness (QED) is 0.329. The number of carbonyl (C=O) groups is 1. The molecule has 4 rings (SSSR count). The molecule has 0 saturated heterocycles. The zero-order valence-electron chi connectivity index (χ0n) is 16.6. The summed E-state index contributed by atoms with van der Waals surface area (Å²) < 4.78 is 78.6. The minimum atomic E-state index is -5.05. The molecule has 0 saturated carbocycles. The van der Waals surface area contributed by atoms with Gasteiger partial charge < -0.3 is 5.32 Å². The number of benzene rings is 3. The molecule has 1 N–H and O–H groups in total. The SMILES string of the molecule is O=C(Nc1ccc2nccc(-c3ccccc3)c2c1)c1cc(C(F)(F)F)cc(C(F)(F)F)c1. The van der Waals surface area contributed by atoms with Gasteiger partial charge in [0.05, 0.1) is 16.6 Å². The summed E-state index contributed by atoms with van der Waals surface area (Å²) >= 11 is 0. The zero-order chi connectivity index (χ0) is 23.8. The summed E-state index contributed by atoms with van der Waals surface area (Å²) in [5.74, 6) is -1.10. The number of halogens is 6. The highest BCUT2D eigenvalue weighted by Gasteiger charge is 2.37. The highest BCUT2D eigenvalue weighted by atomic mass is 19.4. The lowest BCUT2D eigenvalue weighted by Crippen LogP contribution is -2.17.